The lowest BCUT2D eigenvalue weighted by atomic mass is 10.0. The fraction of sp³-hybridized carbons (Fsp3) is 0.0714. The summed E-state index contributed by atoms with van der Waals surface area (Å²) in [6, 6.07) is 6.92. The maximum Gasteiger partial charge on any atom is 0.199 e. The van der Waals surface area contributed by atoms with Gasteiger partial charge >= 0.3 is 0 Å². The predicted octanol–water partition coefficient (Wildman–Crippen LogP) is 2.91. The number of aromatic hydroxyl groups is 1. The second kappa shape index (κ2) is 5.06. The number of hydrogen-bond donors (Lipinski definition) is 1. The molecule has 3 nitrogen and oxygen atoms in total. The number of phenolic OH excluding ortho intramolecular Hbond substituents is 1. The summed E-state index contributed by atoms with van der Waals surface area (Å²) in [5.74, 6) is -2.77. The SMILES string of the molecule is COc1cccc(C(=O)c2ccc(F)cc2F)c1O. The topological polar surface area (TPSA) is 46.5 Å². The minimum Gasteiger partial charge on any atom is -0.504 e. The van der Waals surface area contributed by atoms with Crippen molar-refractivity contribution in [2.24, 2.45) is 0 Å². The molecule has 0 heterocycles. The number of carbonyl (C=O) groups is 1. The molecule has 5 heteroatoms. The predicted molar refractivity (Wildman–Crippen MR) is 64.4 cm³/mol. The summed E-state index contributed by atoms with van der Waals surface area (Å²) in [6.07, 6.45) is 0. The molecule has 0 amide bonds. The van der Waals surface area contributed by atoms with Crippen LogP contribution < -0.4 is 4.74 Å². The number of ketones is 1. The van der Waals surface area contributed by atoms with E-state index in [0.717, 1.165) is 12.1 Å². The van der Waals surface area contributed by atoms with Crippen molar-refractivity contribution >= 4 is 5.78 Å². The molecule has 1 N–H and O–H groups in total. The van der Waals surface area contributed by atoms with Crippen LogP contribution in [0, 0.1) is 11.6 Å². The average molecular weight is 264 g/mol. The second-order valence-corrected chi connectivity index (χ2v) is 3.81. The van der Waals surface area contributed by atoms with E-state index in [4.69, 9.17) is 4.74 Å². The normalized spacial score (nSPS) is 10.3. The first-order chi connectivity index (χ1) is 9.04. The van der Waals surface area contributed by atoms with Gasteiger partial charge in [-0.3, -0.25) is 4.79 Å². The number of methoxy groups -OCH3 is 1. The molecule has 0 atom stereocenters. The van der Waals surface area contributed by atoms with Gasteiger partial charge in [0, 0.05) is 6.07 Å². The molecule has 0 saturated heterocycles. The summed E-state index contributed by atoms with van der Waals surface area (Å²) in [7, 11) is 1.34. The van der Waals surface area contributed by atoms with Gasteiger partial charge in [0.1, 0.15) is 11.6 Å². The highest BCUT2D eigenvalue weighted by atomic mass is 19.1. The van der Waals surface area contributed by atoms with Crippen LogP contribution in [0.4, 0.5) is 8.78 Å². The molecule has 0 fully saturated rings. The fourth-order valence-corrected chi connectivity index (χ4v) is 1.69. The monoisotopic (exact) mass is 264 g/mol. The molecule has 0 saturated carbocycles. The molecule has 0 aliphatic heterocycles. The standard InChI is InChI=1S/C14H10F2O3/c1-19-12-4-2-3-10(14(12)18)13(17)9-6-5-8(15)7-11(9)16/h2-7,18H,1H3. The average Bonchev–Trinajstić information content (AvgIpc) is 2.38. The maximum absolute atomic E-state index is 13.5. The zero-order valence-electron chi connectivity index (χ0n) is 9.98. The van der Waals surface area contributed by atoms with Crippen LogP contribution in [-0.4, -0.2) is 18.0 Å². The highest BCUT2D eigenvalue weighted by Crippen LogP contribution is 2.31. The van der Waals surface area contributed by atoms with Crippen LogP contribution >= 0.6 is 0 Å². The van der Waals surface area contributed by atoms with E-state index in [1.165, 1.54) is 25.3 Å². The largest absolute Gasteiger partial charge is 0.504 e. The van der Waals surface area contributed by atoms with E-state index in [0.29, 0.717) is 6.07 Å². The first kappa shape index (κ1) is 13.0. The van der Waals surface area contributed by atoms with Gasteiger partial charge in [-0.05, 0) is 24.3 Å². The molecule has 2 aromatic rings. The fourth-order valence-electron chi connectivity index (χ4n) is 1.69. The van der Waals surface area contributed by atoms with Crippen LogP contribution in [0.5, 0.6) is 11.5 Å². The molecule has 0 radical (unpaired) electrons. The zero-order valence-corrected chi connectivity index (χ0v) is 9.98. The molecule has 0 unspecified atom stereocenters. The molecule has 19 heavy (non-hydrogen) atoms. The van der Waals surface area contributed by atoms with Crippen molar-refractivity contribution in [3.8, 4) is 11.5 Å². The number of hydrogen-bond acceptors (Lipinski definition) is 3. The lowest BCUT2D eigenvalue weighted by molar-refractivity contribution is 0.103. The van der Waals surface area contributed by atoms with Crippen molar-refractivity contribution in [2.75, 3.05) is 7.11 Å². The Morgan fingerprint density at radius 1 is 1.16 bits per heavy atom. The maximum atomic E-state index is 13.5. The number of benzene rings is 2. The van der Waals surface area contributed by atoms with Gasteiger partial charge in [0.15, 0.2) is 17.3 Å². The van der Waals surface area contributed by atoms with E-state index in [2.05, 4.69) is 0 Å². The molecule has 2 aromatic carbocycles. The summed E-state index contributed by atoms with van der Waals surface area (Å²) in [4.78, 5) is 12.1. The number of ether oxygens (including phenoxy) is 1. The minimum atomic E-state index is -0.979. The van der Waals surface area contributed by atoms with Crippen molar-refractivity contribution in [2.45, 2.75) is 0 Å². The first-order valence-corrected chi connectivity index (χ1v) is 5.40. The molecule has 2 rings (SSSR count). The smallest absolute Gasteiger partial charge is 0.199 e. The van der Waals surface area contributed by atoms with E-state index in [-0.39, 0.29) is 22.6 Å². The second-order valence-electron chi connectivity index (χ2n) is 3.81. The van der Waals surface area contributed by atoms with Crippen LogP contribution in [0.1, 0.15) is 15.9 Å². The summed E-state index contributed by atoms with van der Waals surface area (Å²) in [5, 5.41) is 9.82. The third kappa shape index (κ3) is 2.40. The van der Waals surface area contributed by atoms with Crippen molar-refractivity contribution in [1.29, 1.82) is 0 Å². The molecule has 98 valence electrons. The zero-order chi connectivity index (χ0) is 14.0. The molecule has 0 aliphatic rings. The first-order valence-electron chi connectivity index (χ1n) is 5.40. The third-order valence-corrected chi connectivity index (χ3v) is 2.64. The van der Waals surface area contributed by atoms with Crippen LogP contribution in [-0.2, 0) is 0 Å². The summed E-state index contributed by atoms with van der Waals surface area (Å²) in [5.41, 5.74) is -0.421. The number of rotatable bonds is 3. The van der Waals surface area contributed by atoms with E-state index in [9.17, 15) is 18.7 Å². The Bertz CT molecular complexity index is 639. The van der Waals surface area contributed by atoms with Crippen LogP contribution in [0.2, 0.25) is 0 Å². The number of halogens is 2. The van der Waals surface area contributed by atoms with E-state index in [1.807, 2.05) is 0 Å². The Hall–Kier alpha value is -2.43. The molecular formula is C14H10F2O3. The van der Waals surface area contributed by atoms with Crippen molar-refractivity contribution in [3.63, 3.8) is 0 Å². The Morgan fingerprint density at radius 3 is 2.53 bits per heavy atom. The summed E-state index contributed by atoms with van der Waals surface area (Å²) < 4.78 is 31.2. The number of para-hydroxylation sites is 1. The van der Waals surface area contributed by atoms with E-state index in [1.54, 1.807) is 0 Å². The third-order valence-electron chi connectivity index (χ3n) is 2.64. The minimum absolute atomic E-state index is 0.105. The van der Waals surface area contributed by atoms with Crippen molar-refractivity contribution in [3.05, 3.63) is 59.2 Å². The van der Waals surface area contributed by atoms with Gasteiger partial charge in [-0.15, -0.1) is 0 Å². The van der Waals surface area contributed by atoms with Crippen LogP contribution in [0.3, 0.4) is 0 Å². The highest BCUT2D eigenvalue weighted by molar-refractivity contribution is 6.11. The Kier molecular flexibility index (Phi) is 3.46. The van der Waals surface area contributed by atoms with Gasteiger partial charge in [0.05, 0.1) is 18.2 Å². The van der Waals surface area contributed by atoms with Crippen LogP contribution in [0.25, 0.3) is 0 Å². The van der Waals surface area contributed by atoms with Gasteiger partial charge in [0.25, 0.3) is 0 Å². The van der Waals surface area contributed by atoms with Crippen LogP contribution in [0.15, 0.2) is 36.4 Å². The summed E-state index contributed by atoms with van der Waals surface area (Å²) in [6.45, 7) is 0. The Morgan fingerprint density at radius 2 is 1.89 bits per heavy atom. The van der Waals surface area contributed by atoms with Crippen molar-refractivity contribution in [1.82, 2.24) is 0 Å². The quantitative estimate of drug-likeness (QED) is 0.867. The number of phenols is 1. The molecule has 0 spiro atoms. The highest BCUT2D eigenvalue weighted by Gasteiger charge is 2.19. The van der Waals surface area contributed by atoms with Gasteiger partial charge in [-0.1, -0.05) is 6.07 Å². The van der Waals surface area contributed by atoms with Gasteiger partial charge < -0.3 is 9.84 Å². The molecule has 0 aromatic heterocycles. The lowest BCUT2D eigenvalue weighted by Gasteiger charge is -2.08. The van der Waals surface area contributed by atoms with Crippen molar-refractivity contribution < 1.29 is 23.4 Å². The molecule has 0 aliphatic carbocycles. The van der Waals surface area contributed by atoms with E-state index < -0.39 is 17.4 Å². The van der Waals surface area contributed by atoms with Gasteiger partial charge in [0.2, 0.25) is 0 Å². The lowest BCUT2D eigenvalue weighted by Crippen LogP contribution is -2.05. The molecule has 0 bridgehead atoms. The summed E-state index contributed by atoms with van der Waals surface area (Å²) >= 11 is 0. The molecular weight excluding hydrogens is 254 g/mol. The van der Waals surface area contributed by atoms with Gasteiger partial charge in [-0.25, -0.2) is 8.78 Å². The Balaban J connectivity index is 2.50. The van der Waals surface area contributed by atoms with Gasteiger partial charge in [-0.2, -0.15) is 0 Å². The number of carbonyl (C=O) groups excluding carboxylic acids is 1. The Labute approximate surface area is 108 Å². The van der Waals surface area contributed by atoms with E-state index >= 15 is 0 Å².